The molecule has 1 atom stereocenters. The Labute approximate surface area is 99.5 Å². The number of ether oxygens (including phenoxy) is 2. The maximum atomic E-state index is 11.6. The monoisotopic (exact) mass is 234 g/mol. The van der Waals surface area contributed by atoms with E-state index in [0.717, 1.165) is 11.3 Å². The van der Waals surface area contributed by atoms with Gasteiger partial charge in [0.2, 0.25) is 0 Å². The highest BCUT2D eigenvalue weighted by molar-refractivity contribution is 5.97. The molecule has 4 heteroatoms. The van der Waals surface area contributed by atoms with Crippen molar-refractivity contribution < 1.29 is 19.1 Å². The van der Waals surface area contributed by atoms with Crippen LogP contribution in [0, 0.1) is 5.41 Å². The van der Waals surface area contributed by atoms with Gasteiger partial charge in [-0.2, -0.15) is 0 Å². The Morgan fingerprint density at radius 1 is 1.35 bits per heavy atom. The molecule has 1 aliphatic rings. The molecular formula is C13H14O4. The van der Waals surface area contributed by atoms with Gasteiger partial charge in [-0.25, -0.2) is 0 Å². The zero-order valence-electron chi connectivity index (χ0n) is 9.86. The lowest BCUT2D eigenvalue weighted by Gasteiger charge is -2.19. The molecule has 1 heterocycles. The predicted octanol–water partition coefficient (Wildman–Crippen LogP) is 1.72. The average Bonchev–Trinajstić information content (AvgIpc) is 2.53. The summed E-state index contributed by atoms with van der Waals surface area (Å²) >= 11 is 0. The first-order valence-corrected chi connectivity index (χ1v) is 5.42. The lowest BCUT2D eigenvalue weighted by Crippen LogP contribution is -2.25. The van der Waals surface area contributed by atoms with E-state index in [2.05, 4.69) is 4.74 Å². The van der Waals surface area contributed by atoms with E-state index in [1.54, 1.807) is 14.0 Å². The van der Waals surface area contributed by atoms with Gasteiger partial charge in [-0.1, -0.05) is 18.2 Å². The van der Waals surface area contributed by atoms with E-state index in [9.17, 15) is 9.59 Å². The molecule has 0 spiro atoms. The van der Waals surface area contributed by atoms with Gasteiger partial charge in [-0.3, -0.25) is 9.59 Å². The lowest BCUT2D eigenvalue weighted by atomic mass is 9.82. The number of carbonyl (C=O) groups excluding carboxylic acids is 2. The minimum Gasteiger partial charge on any atom is -0.496 e. The fourth-order valence-electron chi connectivity index (χ4n) is 2.06. The maximum Gasteiger partial charge on any atom is 0.320 e. The van der Waals surface area contributed by atoms with Crippen LogP contribution in [0.3, 0.4) is 0 Å². The molecule has 1 aromatic rings. The Morgan fingerprint density at radius 2 is 2.06 bits per heavy atom. The molecule has 2 rings (SSSR count). The first-order chi connectivity index (χ1) is 8.05. The van der Waals surface area contributed by atoms with Crippen LogP contribution < -0.4 is 4.74 Å². The fourth-order valence-corrected chi connectivity index (χ4v) is 2.06. The van der Waals surface area contributed by atoms with Crippen molar-refractivity contribution in [3.05, 3.63) is 29.8 Å². The zero-order chi connectivity index (χ0) is 12.5. The van der Waals surface area contributed by atoms with Gasteiger partial charge in [0.1, 0.15) is 5.75 Å². The number of esters is 2. The molecule has 0 bridgehead atoms. The van der Waals surface area contributed by atoms with E-state index < -0.39 is 17.4 Å². The van der Waals surface area contributed by atoms with Crippen molar-refractivity contribution in [1.29, 1.82) is 0 Å². The molecule has 4 nitrogen and oxygen atoms in total. The highest BCUT2D eigenvalue weighted by Crippen LogP contribution is 2.36. The number of cyclic esters (lactones) is 2. The predicted molar refractivity (Wildman–Crippen MR) is 60.5 cm³/mol. The second-order valence-corrected chi connectivity index (χ2v) is 4.49. The normalized spacial score (nSPS) is 23.6. The number of methoxy groups -OCH3 is 1. The van der Waals surface area contributed by atoms with E-state index >= 15 is 0 Å². The summed E-state index contributed by atoms with van der Waals surface area (Å²) in [6.07, 6.45) is 0.575. The molecule has 0 aliphatic carbocycles. The second kappa shape index (κ2) is 4.20. The summed E-state index contributed by atoms with van der Waals surface area (Å²) in [5, 5.41) is 0. The van der Waals surface area contributed by atoms with Crippen LogP contribution in [0.25, 0.3) is 0 Å². The smallest absolute Gasteiger partial charge is 0.320 e. The molecule has 1 saturated heterocycles. The summed E-state index contributed by atoms with van der Waals surface area (Å²) in [5.41, 5.74) is 0.135. The van der Waals surface area contributed by atoms with Gasteiger partial charge < -0.3 is 9.47 Å². The fraction of sp³-hybridized carbons (Fsp3) is 0.385. The largest absolute Gasteiger partial charge is 0.496 e. The molecule has 0 N–H and O–H groups in total. The third-order valence-electron chi connectivity index (χ3n) is 3.01. The molecular weight excluding hydrogens is 220 g/mol. The third kappa shape index (κ3) is 2.16. The van der Waals surface area contributed by atoms with Crippen molar-refractivity contribution >= 4 is 11.9 Å². The van der Waals surface area contributed by atoms with Gasteiger partial charge in [-0.05, 0) is 25.0 Å². The van der Waals surface area contributed by atoms with Crippen LogP contribution >= 0.6 is 0 Å². The number of carbonyl (C=O) groups is 2. The van der Waals surface area contributed by atoms with Crippen LogP contribution in [0.2, 0.25) is 0 Å². The third-order valence-corrected chi connectivity index (χ3v) is 3.01. The maximum absolute atomic E-state index is 11.6. The molecule has 1 aromatic carbocycles. The average molecular weight is 234 g/mol. The molecule has 0 saturated carbocycles. The molecule has 90 valence electrons. The Kier molecular flexibility index (Phi) is 2.88. The summed E-state index contributed by atoms with van der Waals surface area (Å²) in [7, 11) is 1.58. The van der Waals surface area contributed by atoms with Crippen LogP contribution in [0.4, 0.5) is 0 Å². The second-order valence-electron chi connectivity index (χ2n) is 4.49. The molecule has 1 unspecified atom stereocenters. The highest BCUT2D eigenvalue weighted by Gasteiger charge is 2.45. The number of para-hydroxylation sites is 1. The molecule has 0 radical (unpaired) electrons. The molecule has 17 heavy (non-hydrogen) atoms. The van der Waals surface area contributed by atoms with E-state index in [1.165, 1.54) is 0 Å². The molecule has 1 fully saturated rings. The number of rotatable bonds is 3. The van der Waals surface area contributed by atoms with Crippen molar-refractivity contribution in [2.45, 2.75) is 19.8 Å². The van der Waals surface area contributed by atoms with E-state index in [4.69, 9.17) is 4.74 Å². The Balaban J connectivity index is 2.26. The molecule has 0 aromatic heterocycles. The van der Waals surface area contributed by atoms with Crippen molar-refractivity contribution in [2.24, 2.45) is 5.41 Å². The Hall–Kier alpha value is -1.84. The summed E-state index contributed by atoms with van der Waals surface area (Å²) in [4.78, 5) is 22.8. The molecule has 0 amide bonds. The summed E-state index contributed by atoms with van der Waals surface area (Å²) in [6.45, 7) is 1.74. The van der Waals surface area contributed by atoms with Crippen LogP contribution in [0.15, 0.2) is 24.3 Å². The van der Waals surface area contributed by atoms with Gasteiger partial charge >= 0.3 is 11.9 Å². The van der Waals surface area contributed by atoms with E-state index in [-0.39, 0.29) is 6.42 Å². The first kappa shape index (κ1) is 11.6. The van der Waals surface area contributed by atoms with Crippen LogP contribution in [0.1, 0.15) is 18.9 Å². The molecule has 1 aliphatic heterocycles. The SMILES string of the molecule is COc1ccccc1CC1(C)CC(=O)OC1=O. The van der Waals surface area contributed by atoms with Crippen molar-refractivity contribution in [1.82, 2.24) is 0 Å². The van der Waals surface area contributed by atoms with Gasteiger partial charge in [0.05, 0.1) is 18.9 Å². The van der Waals surface area contributed by atoms with Gasteiger partial charge in [0, 0.05) is 0 Å². The minimum atomic E-state index is -0.772. The number of benzene rings is 1. The van der Waals surface area contributed by atoms with Crippen molar-refractivity contribution in [3.8, 4) is 5.75 Å². The lowest BCUT2D eigenvalue weighted by molar-refractivity contribution is -0.154. The topological polar surface area (TPSA) is 52.6 Å². The van der Waals surface area contributed by atoms with Crippen LogP contribution in [0.5, 0.6) is 5.75 Å². The number of hydrogen-bond acceptors (Lipinski definition) is 4. The van der Waals surface area contributed by atoms with Crippen LogP contribution in [-0.2, 0) is 20.7 Å². The van der Waals surface area contributed by atoms with Crippen molar-refractivity contribution in [2.75, 3.05) is 7.11 Å². The number of hydrogen-bond donors (Lipinski definition) is 0. The minimum absolute atomic E-state index is 0.129. The van der Waals surface area contributed by atoms with Gasteiger partial charge in [0.15, 0.2) is 0 Å². The zero-order valence-corrected chi connectivity index (χ0v) is 9.86. The van der Waals surface area contributed by atoms with Gasteiger partial charge in [-0.15, -0.1) is 0 Å². The summed E-state index contributed by atoms with van der Waals surface area (Å²) in [5.74, 6) is -0.179. The summed E-state index contributed by atoms with van der Waals surface area (Å²) < 4.78 is 9.83. The quantitative estimate of drug-likeness (QED) is 0.590. The van der Waals surface area contributed by atoms with Crippen molar-refractivity contribution in [3.63, 3.8) is 0 Å². The Bertz CT molecular complexity index is 466. The summed E-state index contributed by atoms with van der Waals surface area (Å²) in [6, 6.07) is 7.47. The Morgan fingerprint density at radius 3 is 2.65 bits per heavy atom. The van der Waals surface area contributed by atoms with Gasteiger partial charge in [0.25, 0.3) is 0 Å². The standard InChI is InChI=1S/C13H14O4/c1-13(8-11(14)17-12(13)15)7-9-5-3-4-6-10(9)16-2/h3-6H,7-8H2,1-2H3. The van der Waals surface area contributed by atoms with E-state index in [1.807, 2.05) is 24.3 Å². The van der Waals surface area contributed by atoms with Crippen LogP contribution in [-0.4, -0.2) is 19.0 Å². The first-order valence-electron chi connectivity index (χ1n) is 5.42. The van der Waals surface area contributed by atoms with E-state index in [0.29, 0.717) is 6.42 Å². The highest BCUT2D eigenvalue weighted by atomic mass is 16.6.